The number of rotatable bonds is 6. The van der Waals surface area contributed by atoms with Crippen molar-refractivity contribution in [2.45, 2.75) is 52.0 Å². The van der Waals surface area contributed by atoms with Crippen molar-refractivity contribution in [2.24, 2.45) is 5.92 Å². The van der Waals surface area contributed by atoms with E-state index in [0.29, 0.717) is 24.5 Å². The summed E-state index contributed by atoms with van der Waals surface area (Å²) in [4.78, 5) is 4.62. The van der Waals surface area contributed by atoms with E-state index in [1.54, 1.807) is 0 Å². The fraction of sp³-hybridized carbons (Fsp3) is 0.857. The second-order valence-corrected chi connectivity index (χ2v) is 5.67. The summed E-state index contributed by atoms with van der Waals surface area (Å²) in [6.07, 6.45) is 0.994. The van der Waals surface area contributed by atoms with E-state index in [-0.39, 0.29) is 5.92 Å². The second-order valence-electron chi connectivity index (χ2n) is 5.67. The summed E-state index contributed by atoms with van der Waals surface area (Å²) < 4.78 is 10.9. The Labute approximate surface area is 115 Å². The molecular weight excluding hydrogens is 242 g/mol. The van der Waals surface area contributed by atoms with Gasteiger partial charge in [-0.3, -0.25) is 0 Å². The zero-order valence-corrected chi connectivity index (χ0v) is 12.3. The minimum Gasteiger partial charge on any atom is -0.381 e. The summed E-state index contributed by atoms with van der Waals surface area (Å²) in [5, 5.41) is 7.60. The quantitative estimate of drug-likeness (QED) is 0.857. The van der Waals surface area contributed by atoms with Crippen molar-refractivity contribution >= 4 is 0 Å². The van der Waals surface area contributed by atoms with Crippen molar-refractivity contribution < 1.29 is 9.26 Å². The molecule has 1 aromatic heterocycles. The predicted octanol–water partition coefficient (Wildman–Crippen LogP) is 2.31. The number of nitrogens with zero attached hydrogens (tertiary/aromatic N) is 2. The molecule has 1 aliphatic rings. The Morgan fingerprint density at radius 1 is 1.37 bits per heavy atom. The summed E-state index contributed by atoms with van der Waals surface area (Å²) >= 11 is 0. The molecule has 5 nitrogen and oxygen atoms in total. The first-order valence-electron chi connectivity index (χ1n) is 7.28. The van der Waals surface area contributed by atoms with E-state index < -0.39 is 0 Å². The molecule has 1 aliphatic heterocycles. The van der Waals surface area contributed by atoms with E-state index >= 15 is 0 Å². The standard InChI is InChI=1S/C14H25N3O2/c1-5-15-10(4)12(9(2)3)14-16-13(17-19-14)11-6-7-18-8-11/h9-12,15H,5-8H2,1-4H3. The summed E-state index contributed by atoms with van der Waals surface area (Å²) in [6, 6.07) is 0.332. The van der Waals surface area contributed by atoms with Gasteiger partial charge >= 0.3 is 0 Å². The molecular formula is C14H25N3O2. The van der Waals surface area contributed by atoms with E-state index in [1.165, 1.54) is 0 Å². The number of aromatic nitrogens is 2. The molecule has 19 heavy (non-hydrogen) atoms. The Balaban J connectivity index is 2.13. The van der Waals surface area contributed by atoms with Crippen LogP contribution < -0.4 is 5.32 Å². The summed E-state index contributed by atoms with van der Waals surface area (Å²) in [7, 11) is 0. The molecule has 0 spiro atoms. The molecule has 1 saturated heterocycles. The molecule has 2 heterocycles. The van der Waals surface area contributed by atoms with Crippen LogP contribution in [0.25, 0.3) is 0 Å². The van der Waals surface area contributed by atoms with Crippen molar-refractivity contribution in [3.8, 4) is 0 Å². The van der Waals surface area contributed by atoms with Crippen molar-refractivity contribution in [1.82, 2.24) is 15.5 Å². The molecule has 3 atom stereocenters. The molecule has 1 aromatic rings. The van der Waals surface area contributed by atoms with Gasteiger partial charge in [0.2, 0.25) is 5.89 Å². The zero-order chi connectivity index (χ0) is 13.8. The lowest BCUT2D eigenvalue weighted by molar-refractivity contribution is 0.192. The Kier molecular flexibility index (Phi) is 4.93. The van der Waals surface area contributed by atoms with E-state index in [4.69, 9.17) is 9.26 Å². The molecule has 3 unspecified atom stereocenters. The Morgan fingerprint density at radius 2 is 2.16 bits per heavy atom. The molecule has 0 saturated carbocycles. The molecule has 0 amide bonds. The van der Waals surface area contributed by atoms with Gasteiger partial charge in [0.1, 0.15) is 0 Å². The lowest BCUT2D eigenvalue weighted by Gasteiger charge is -2.24. The number of hydrogen-bond donors (Lipinski definition) is 1. The molecule has 0 aliphatic carbocycles. The lowest BCUT2D eigenvalue weighted by atomic mass is 9.89. The minimum absolute atomic E-state index is 0.253. The highest BCUT2D eigenvalue weighted by atomic mass is 16.5. The van der Waals surface area contributed by atoms with Crippen molar-refractivity contribution in [3.63, 3.8) is 0 Å². The predicted molar refractivity (Wildman–Crippen MR) is 73.2 cm³/mol. The third kappa shape index (κ3) is 3.34. The SMILES string of the molecule is CCNC(C)C(c1nc(C2CCOC2)no1)C(C)C. The van der Waals surface area contributed by atoms with Crippen LogP contribution in [-0.2, 0) is 4.74 Å². The van der Waals surface area contributed by atoms with Gasteiger partial charge in [-0.1, -0.05) is 25.9 Å². The first-order chi connectivity index (χ1) is 9.13. The van der Waals surface area contributed by atoms with E-state index in [9.17, 15) is 0 Å². The van der Waals surface area contributed by atoms with Gasteiger partial charge < -0.3 is 14.6 Å². The van der Waals surface area contributed by atoms with Crippen LogP contribution in [0.15, 0.2) is 4.52 Å². The van der Waals surface area contributed by atoms with Gasteiger partial charge in [-0.2, -0.15) is 4.98 Å². The highest BCUT2D eigenvalue weighted by Gasteiger charge is 2.30. The number of nitrogens with one attached hydrogen (secondary N) is 1. The Morgan fingerprint density at radius 3 is 2.74 bits per heavy atom. The van der Waals surface area contributed by atoms with Gasteiger partial charge in [-0.15, -0.1) is 0 Å². The van der Waals surface area contributed by atoms with Crippen molar-refractivity contribution in [3.05, 3.63) is 11.7 Å². The third-order valence-electron chi connectivity index (χ3n) is 3.82. The van der Waals surface area contributed by atoms with Gasteiger partial charge in [0.25, 0.3) is 0 Å². The smallest absolute Gasteiger partial charge is 0.231 e. The van der Waals surface area contributed by atoms with E-state index in [0.717, 1.165) is 31.3 Å². The topological polar surface area (TPSA) is 60.2 Å². The van der Waals surface area contributed by atoms with Crippen LogP contribution in [0.1, 0.15) is 57.7 Å². The van der Waals surface area contributed by atoms with Gasteiger partial charge in [0.05, 0.1) is 12.5 Å². The average molecular weight is 267 g/mol. The third-order valence-corrected chi connectivity index (χ3v) is 3.82. The van der Waals surface area contributed by atoms with E-state index in [2.05, 4.69) is 43.2 Å². The highest BCUT2D eigenvalue weighted by Crippen LogP contribution is 2.29. The lowest BCUT2D eigenvalue weighted by Crippen LogP contribution is -2.34. The fourth-order valence-corrected chi connectivity index (χ4v) is 2.81. The van der Waals surface area contributed by atoms with E-state index in [1.807, 2.05) is 0 Å². The highest BCUT2D eigenvalue weighted by molar-refractivity contribution is 5.04. The fourth-order valence-electron chi connectivity index (χ4n) is 2.81. The number of hydrogen-bond acceptors (Lipinski definition) is 5. The Hall–Kier alpha value is -0.940. The monoisotopic (exact) mass is 267 g/mol. The summed E-state index contributed by atoms with van der Waals surface area (Å²) in [5.41, 5.74) is 0. The van der Waals surface area contributed by atoms with Gasteiger partial charge in [-0.25, -0.2) is 0 Å². The van der Waals surface area contributed by atoms with Crippen LogP contribution in [-0.4, -0.2) is 35.9 Å². The zero-order valence-electron chi connectivity index (χ0n) is 12.3. The normalized spacial score (nSPS) is 22.9. The van der Waals surface area contributed by atoms with Crippen LogP contribution in [0, 0.1) is 5.92 Å². The molecule has 1 N–H and O–H groups in total. The minimum atomic E-state index is 0.253. The molecule has 1 fully saturated rings. The van der Waals surface area contributed by atoms with Crippen LogP contribution in [0.2, 0.25) is 0 Å². The molecule has 108 valence electrons. The molecule has 0 radical (unpaired) electrons. The molecule has 2 rings (SSSR count). The molecule has 0 bridgehead atoms. The number of ether oxygens (including phenoxy) is 1. The van der Waals surface area contributed by atoms with Gasteiger partial charge in [0.15, 0.2) is 5.82 Å². The first-order valence-corrected chi connectivity index (χ1v) is 7.28. The van der Waals surface area contributed by atoms with Crippen LogP contribution in [0.5, 0.6) is 0 Å². The largest absolute Gasteiger partial charge is 0.381 e. The van der Waals surface area contributed by atoms with Gasteiger partial charge in [0, 0.05) is 18.6 Å². The van der Waals surface area contributed by atoms with Gasteiger partial charge in [-0.05, 0) is 25.8 Å². The molecule has 0 aromatic carbocycles. The summed E-state index contributed by atoms with van der Waals surface area (Å²) in [5.74, 6) is 2.58. The Bertz CT molecular complexity index is 386. The first kappa shape index (κ1) is 14.5. The van der Waals surface area contributed by atoms with Crippen LogP contribution in [0.4, 0.5) is 0 Å². The maximum Gasteiger partial charge on any atom is 0.231 e. The second kappa shape index (κ2) is 6.48. The van der Waals surface area contributed by atoms with Crippen LogP contribution >= 0.6 is 0 Å². The maximum absolute atomic E-state index is 5.51. The average Bonchev–Trinajstić information content (AvgIpc) is 2.98. The van der Waals surface area contributed by atoms with Crippen molar-refractivity contribution in [2.75, 3.05) is 19.8 Å². The maximum atomic E-state index is 5.51. The molecule has 5 heteroatoms. The van der Waals surface area contributed by atoms with Crippen LogP contribution in [0.3, 0.4) is 0 Å². The number of likely N-dealkylation sites (N-methyl/N-ethyl adjacent to an activating group) is 1. The summed E-state index contributed by atoms with van der Waals surface area (Å²) in [6.45, 7) is 11.1. The van der Waals surface area contributed by atoms with Crippen molar-refractivity contribution in [1.29, 1.82) is 0 Å².